The molecule has 1 aliphatic heterocycles. The summed E-state index contributed by atoms with van der Waals surface area (Å²) in [4.78, 5) is 14.6. The molecule has 0 radical (unpaired) electrons. The van der Waals surface area contributed by atoms with Gasteiger partial charge in [-0.1, -0.05) is 19.8 Å². The molecule has 0 bridgehead atoms. The second-order valence-electron chi connectivity index (χ2n) is 6.33. The fourth-order valence-electron chi connectivity index (χ4n) is 3.44. The Labute approximate surface area is 110 Å². The van der Waals surface area contributed by atoms with Crippen LogP contribution in [-0.4, -0.2) is 41.6 Å². The molecular weight excluding hydrogens is 228 g/mol. The first-order chi connectivity index (χ1) is 8.40. The minimum absolute atomic E-state index is 0.113. The Morgan fingerprint density at radius 3 is 2.44 bits per heavy atom. The number of ether oxygens (including phenoxy) is 1. The Kier molecular flexibility index (Phi) is 3.97. The van der Waals surface area contributed by atoms with Crippen LogP contribution in [0.3, 0.4) is 0 Å². The van der Waals surface area contributed by atoms with Crippen LogP contribution in [0.4, 0.5) is 0 Å². The molecule has 0 aromatic rings. The van der Waals surface area contributed by atoms with Crippen molar-refractivity contribution >= 4 is 5.91 Å². The standard InChI is InChI=1S/C14H26N2O2/c1-10-5-4-6-14(15,7-10)13(17)16-8-11(2)18-12(3)9-16/h10-12H,4-9,15H2,1-3H3. The molecule has 4 unspecified atom stereocenters. The lowest BCUT2D eigenvalue weighted by Gasteiger charge is -2.42. The van der Waals surface area contributed by atoms with Gasteiger partial charge in [0.25, 0.3) is 0 Å². The summed E-state index contributed by atoms with van der Waals surface area (Å²) in [6, 6.07) is 0. The van der Waals surface area contributed by atoms with Gasteiger partial charge in [0, 0.05) is 13.1 Å². The minimum Gasteiger partial charge on any atom is -0.372 e. The highest BCUT2D eigenvalue weighted by Gasteiger charge is 2.42. The predicted molar refractivity (Wildman–Crippen MR) is 71.1 cm³/mol. The molecule has 18 heavy (non-hydrogen) atoms. The second-order valence-corrected chi connectivity index (χ2v) is 6.33. The van der Waals surface area contributed by atoms with Gasteiger partial charge in [0.05, 0.1) is 17.7 Å². The smallest absolute Gasteiger partial charge is 0.242 e. The molecule has 4 nitrogen and oxygen atoms in total. The van der Waals surface area contributed by atoms with Gasteiger partial charge in [-0.2, -0.15) is 0 Å². The average Bonchev–Trinajstić information content (AvgIpc) is 2.26. The number of nitrogens with two attached hydrogens (primary N) is 1. The van der Waals surface area contributed by atoms with Crippen LogP contribution in [0.1, 0.15) is 46.5 Å². The summed E-state index contributed by atoms with van der Waals surface area (Å²) in [5.74, 6) is 0.694. The number of hydrogen-bond donors (Lipinski definition) is 1. The van der Waals surface area contributed by atoms with Gasteiger partial charge in [-0.25, -0.2) is 0 Å². The van der Waals surface area contributed by atoms with Crippen molar-refractivity contribution in [2.45, 2.75) is 64.2 Å². The number of carbonyl (C=O) groups is 1. The normalized spacial score (nSPS) is 41.8. The van der Waals surface area contributed by atoms with E-state index in [1.165, 1.54) is 6.42 Å². The van der Waals surface area contributed by atoms with E-state index >= 15 is 0 Å². The summed E-state index contributed by atoms with van der Waals surface area (Å²) in [6.07, 6.45) is 4.15. The summed E-state index contributed by atoms with van der Waals surface area (Å²) in [5.41, 5.74) is 5.75. The Morgan fingerprint density at radius 1 is 1.28 bits per heavy atom. The summed E-state index contributed by atoms with van der Waals surface area (Å²) in [7, 11) is 0. The van der Waals surface area contributed by atoms with Gasteiger partial charge < -0.3 is 15.4 Å². The van der Waals surface area contributed by atoms with Crippen LogP contribution in [0.25, 0.3) is 0 Å². The fraction of sp³-hybridized carbons (Fsp3) is 0.929. The van der Waals surface area contributed by atoms with Crippen molar-refractivity contribution in [1.82, 2.24) is 4.90 Å². The molecule has 0 aromatic heterocycles. The van der Waals surface area contributed by atoms with Crippen LogP contribution in [0.5, 0.6) is 0 Å². The van der Waals surface area contributed by atoms with E-state index in [0.717, 1.165) is 19.3 Å². The number of hydrogen-bond acceptors (Lipinski definition) is 3. The molecule has 104 valence electrons. The van der Waals surface area contributed by atoms with Gasteiger partial charge in [-0.05, 0) is 32.6 Å². The van der Waals surface area contributed by atoms with Crippen molar-refractivity contribution in [3.63, 3.8) is 0 Å². The lowest BCUT2D eigenvalue weighted by molar-refractivity contribution is -0.150. The third-order valence-corrected chi connectivity index (χ3v) is 4.17. The minimum atomic E-state index is -0.631. The predicted octanol–water partition coefficient (Wildman–Crippen LogP) is 1.53. The Morgan fingerprint density at radius 2 is 1.89 bits per heavy atom. The summed E-state index contributed by atoms with van der Waals surface area (Å²) in [5, 5.41) is 0. The molecule has 1 saturated heterocycles. The molecule has 1 saturated carbocycles. The van der Waals surface area contributed by atoms with Gasteiger partial charge in [0.1, 0.15) is 0 Å². The van der Waals surface area contributed by atoms with Crippen LogP contribution >= 0.6 is 0 Å². The molecule has 2 aliphatic rings. The van der Waals surface area contributed by atoms with E-state index in [0.29, 0.717) is 19.0 Å². The monoisotopic (exact) mass is 254 g/mol. The maximum atomic E-state index is 12.7. The van der Waals surface area contributed by atoms with Gasteiger partial charge in [0.15, 0.2) is 0 Å². The molecule has 4 atom stereocenters. The van der Waals surface area contributed by atoms with E-state index in [1.807, 2.05) is 18.7 Å². The van der Waals surface area contributed by atoms with Crippen molar-refractivity contribution in [1.29, 1.82) is 0 Å². The van der Waals surface area contributed by atoms with E-state index in [-0.39, 0.29) is 18.1 Å². The zero-order chi connectivity index (χ0) is 13.3. The van der Waals surface area contributed by atoms with Crippen molar-refractivity contribution in [2.24, 2.45) is 11.7 Å². The van der Waals surface area contributed by atoms with E-state index in [2.05, 4.69) is 6.92 Å². The van der Waals surface area contributed by atoms with Crippen LogP contribution in [0.15, 0.2) is 0 Å². The molecule has 1 aliphatic carbocycles. The lowest BCUT2D eigenvalue weighted by Crippen LogP contribution is -2.61. The topological polar surface area (TPSA) is 55.6 Å². The quantitative estimate of drug-likeness (QED) is 0.772. The zero-order valence-corrected chi connectivity index (χ0v) is 11.8. The first-order valence-electron chi connectivity index (χ1n) is 7.14. The first kappa shape index (κ1) is 13.8. The number of rotatable bonds is 1. The zero-order valence-electron chi connectivity index (χ0n) is 11.8. The molecule has 1 amide bonds. The van der Waals surface area contributed by atoms with Crippen molar-refractivity contribution in [2.75, 3.05) is 13.1 Å². The highest BCUT2D eigenvalue weighted by atomic mass is 16.5. The summed E-state index contributed by atoms with van der Waals surface area (Å²) >= 11 is 0. The molecule has 4 heteroatoms. The molecule has 2 N–H and O–H groups in total. The molecule has 1 heterocycles. The number of nitrogens with zero attached hydrogens (tertiary/aromatic N) is 1. The molecule has 2 rings (SSSR count). The van der Waals surface area contributed by atoms with Gasteiger partial charge in [0.2, 0.25) is 5.91 Å². The van der Waals surface area contributed by atoms with Gasteiger partial charge in [-0.3, -0.25) is 4.79 Å². The highest BCUT2D eigenvalue weighted by Crippen LogP contribution is 2.32. The Hall–Kier alpha value is -0.610. The number of morpholine rings is 1. The highest BCUT2D eigenvalue weighted by molar-refractivity contribution is 5.86. The van der Waals surface area contributed by atoms with E-state index in [1.54, 1.807) is 0 Å². The number of carbonyl (C=O) groups excluding carboxylic acids is 1. The maximum Gasteiger partial charge on any atom is 0.242 e. The average molecular weight is 254 g/mol. The Bertz CT molecular complexity index is 311. The van der Waals surface area contributed by atoms with Gasteiger partial charge >= 0.3 is 0 Å². The van der Waals surface area contributed by atoms with Crippen molar-refractivity contribution in [3.8, 4) is 0 Å². The third-order valence-electron chi connectivity index (χ3n) is 4.17. The molecule has 0 spiro atoms. The largest absolute Gasteiger partial charge is 0.372 e. The van der Waals surface area contributed by atoms with Gasteiger partial charge in [-0.15, -0.1) is 0 Å². The van der Waals surface area contributed by atoms with Crippen LogP contribution in [0.2, 0.25) is 0 Å². The Balaban J connectivity index is 2.05. The van der Waals surface area contributed by atoms with Crippen LogP contribution < -0.4 is 5.73 Å². The van der Waals surface area contributed by atoms with Crippen LogP contribution in [-0.2, 0) is 9.53 Å². The molecular formula is C14H26N2O2. The third kappa shape index (κ3) is 2.86. The summed E-state index contributed by atoms with van der Waals surface area (Å²) in [6.45, 7) is 7.58. The maximum absolute atomic E-state index is 12.7. The van der Waals surface area contributed by atoms with Crippen molar-refractivity contribution in [3.05, 3.63) is 0 Å². The van der Waals surface area contributed by atoms with E-state index < -0.39 is 5.54 Å². The number of amides is 1. The fourth-order valence-corrected chi connectivity index (χ4v) is 3.44. The van der Waals surface area contributed by atoms with Crippen LogP contribution in [0, 0.1) is 5.92 Å². The summed E-state index contributed by atoms with van der Waals surface area (Å²) < 4.78 is 5.67. The SMILES string of the molecule is CC1CCCC(N)(C(=O)N2CC(C)OC(C)C2)C1. The van der Waals surface area contributed by atoms with E-state index in [4.69, 9.17) is 10.5 Å². The van der Waals surface area contributed by atoms with E-state index in [9.17, 15) is 4.79 Å². The lowest BCUT2D eigenvalue weighted by atomic mass is 9.76. The molecule has 0 aromatic carbocycles. The van der Waals surface area contributed by atoms with Crippen molar-refractivity contribution < 1.29 is 9.53 Å². The molecule has 2 fully saturated rings. The first-order valence-corrected chi connectivity index (χ1v) is 7.14. The second kappa shape index (κ2) is 5.17.